The van der Waals surface area contributed by atoms with Gasteiger partial charge in [-0.3, -0.25) is 24.0 Å². The van der Waals surface area contributed by atoms with Crippen LogP contribution in [0.5, 0.6) is 0 Å². The predicted molar refractivity (Wildman–Crippen MR) is 125 cm³/mol. The molecule has 1 amide bonds. The highest BCUT2D eigenvalue weighted by atomic mass is 16.2. The first-order chi connectivity index (χ1) is 14.8. The number of anilines is 2. The SMILES string of the molecule is CCCCN(C(=O)CN(Cc1ccccc1)C(C)C)c1c(N)n(CCC)c(=O)[nH]c1=O. The maximum Gasteiger partial charge on any atom is 0.330 e. The minimum atomic E-state index is -0.626. The zero-order valence-electron chi connectivity index (χ0n) is 19.1. The molecule has 0 saturated heterocycles. The van der Waals surface area contributed by atoms with Crippen molar-refractivity contribution in [1.82, 2.24) is 14.5 Å². The van der Waals surface area contributed by atoms with E-state index < -0.39 is 11.2 Å². The Kier molecular flexibility index (Phi) is 9.05. The molecule has 8 heteroatoms. The number of aromatic amines is 1. The maximum atomic E-state index is 13.4. The number of nitrogen functional groups attached to an aromatic ring is 1. The smallest absolute Gasteiger partial charge is 0.330 e. The number of hydrogen-bond acceptors (Lipinski definition) is 5. The largest absolute Gasteiger partial charge is 0.383 e. The summed E-state index contributed by atoms with van der Waals surface area (Å²) in [4.78, 5) is 44.1. The summed E-state index contributed by atoms with van der Waals surface area (Å²) < 4.78 is 1.33. The first kappa shape index (κ1) is 24.4. The summed E-state index contributed by atoms with van der Waals surface area (Å²) in [5.74, 6) is -0.170. The second-order valence-corrected chi connectivity index (χ2v) is 8.03. The highest BCUT2D eigenvalue weighted by Gasteiger charge is 2.26. The fourth-order valence-corrected chi connectivity index (χ4v) is 3.46. The molecule has 0 aliphatic carbocycles. The van der Waals surface area contributed by atoms with E-state index in [2.05, 4.69) is 9.88 Å². The van der Waals surface area contributed by atoms with Crippen LogP contribution >= 0.6 is 0 Å². The monoisotopic (exact) mass is 429 g/mol. The van der Waals surface area contributed by atoms with E-state index in [0.717, 1.165) is 18.4 Å². The third-order valence-electron chi connectivity index (χ3n) is 5.26. The third kappa shape index (κ3) is 6.30. The number of rotatable bonds is 11. The minimum absolute atomic E-state index is 0.0409. The number of unbranched alkanes of at least 4 members (excludes halogenated alkanes) is 1. The van der Waals surface area contributed by atoms with Gasteiger partial charge < -0.3 is 10.6 Å². The van der Waals surface area contributed by atoms with E-state index in [1.807, 2.05) is 58.0 Å². The van der Waals surface area contributed by atoms with Crippen molar-refractivity contribution in [2.24, 2.45) is 0 Å². The molecule has 2 rings (SSSR count). The van der Waals surface area contributed by atoms with Gasteiger partial charge in [0.15, 0.2) is 5.69 Å². The van der Waals surface area contributed by atoms with Gasteiger partial charge in [0.05, 0.1) is 6.54 Å². The Labute approximate surface area is 183 Å². The van der Waals surface area contributed by atoms with Crippen molar-refractivity contribution >= 4 is 17.4 Å². The van der Waals surface area contributed by atoms with Crippen molar-refractivity contribution < 1.29 is 4.79 Å². The van der Waals surface area contributed by atoms with Crippen LogP contribution in [0, 0.1) is 0 Å². The van der Waals surface area contributed by atoms with E-state index in [1.54, 1.807) is 0 Å². The number of carbonyl (C=O) groups is 1. The molecule has 31 heavy (non-hydrogen) atoms. The van der Waals surface area contributed by atoms with Gasteiger partial charge in [-0.2, -0.15) is 0 Å². The number of nitrogens with one attached hydrogen (secondary N) is 1. The predicted octanol–water partition coefficient (Wildman–Crippen LogP) is 2.57. The van der Waals surface area contributed by atoms with Gasteiger partial charge in [0, 0.05) is 25.7 Å². The van der Waals surface area contributed by atoms with Crippen molar-refractivity contribution in [2.45, 2.75) is 66.1 Å². The van der Waals surface area contributed by atoms with E-state index in [-0.39, 0.29) is 30.0 Å². The second kappa shape index (κ2) is 11.5. The molecule has 0 bridgehead atoms. The van der Waals surface area contributed by atoms with Crippen LogP contribution in [0.3, 0.4) is 0 Å². The number of benzene rings is 1. The molecule has 0 aliphatic heterocycles. The van der Waals surface area contributed by atoms with Crippen LogP contribution in [0.15, 0.2) is 39.9 Å². The Bertz CT molecular complexity index is 965. The standard InChI is InChI=1S/C23H35N5O3/c1-5-7-14-27(20-21(24)28(13-6-2)23(31)25-22(20)30)19(29)16-26(17(3)4)15-18-11-9-8-10-12-18/h8-12,17H,5-7,13-16,24H2,1-4H3,(H,25,30,31). The van der Waals surface area contributed by atoms with Gasteiger partial charge in [-0.05, 0) is 32.3 Å². The van der Waals surface area contributed by atoms with E-state index in [0.29, 0.717) is 26.1 Å². The van der Waals surface area contributed by atoms with Gasteiger partial charge in [-0.1, -0.05) is 50.6 Å². The van der Waals surface area contributed by atoms with Crippen LogP contribution in [0.2, 0.25) is 0 Å². The summed E-state index contributed by atoms with van der Waals surface area (Å²) in [6.45, 7) is 9.50. The Hall–Kier alpha value is -2.87. The lowest BCUT2D eigenvalue weighted by molar-refractivity contribution is -0.120. The molecule has 0 atom stereocenters. The Balaban J connectivity index is 2.39. The van der Waals surface area contributed by atoms with Crippen LogP contribution in [0.1, 0.15) is 52.5 Å². The molecule has 2 aromatic rings. The summed E-state index contributed by atoms with van der Waals surface area (Å²) >= 11 is 0. The molecule has 1 aromatic heterocycles. The van der Waals surface area contributed by atoms with Gasteiger partial charge in [-0.25, -0.2) is 4.79 Å². The molecule has 0 saturated carbocycles. The van der Waals surface area contributed by atoms with Crippen LogP contribution in [-0.2, 0) is 17.9 Å². The fourth-order valence-electron chi connectivity index (χ4n) is 3.46. The van der Waals surface area contributed by atoms with E-state index in [1.165, 1.54) is 9.47 Å². The van der Waals surface area contributed by atoms with Gasteiger partial charge in [0.2, 0.25) is 5.91 Å². The summed E-state index contributed by atoms with van der Waals surface area (Å²) in [7, 11) is 0. The van der Waals surface area contributed by atoms with Crippen molar-refractivity contribution in [3.05, 3.63) is 56.7 Å². The Morgan fingerprint density at radius 2 is 1.81 bits per heavy atom. The lowest BCUT2D eigenvalue weighted by Crippen LogP contribution is -2.46. The number of hydrogen-bond donors (Lipinski definition) is 2. The van der Waals surface area contributed by atoms with Gasteiger partial charge in [0.1, 0.15) is 5.82 Å². The summed E-state index contributed by atoms with van der Waals surface area (Å²) in [6, 6.07) is 10.1. The second-order valence-electron chi connectivity index (χ2n) is 8.03. The van der Waals surface area contributed by atoms with Gasteiger partial charge in [-0.15, -0.1) is 0 Å². The maximum absolute atomic E-state index is 13.4. The Morgan fingerprint density at radius 1 is 1.13 bits per heavy atom. The molecule has 0 aliphatic rings. The highest BCUT2D eigenvalue weighted by Crippen LogP contribution is 2.19. The zero-order valence-corrected chi connectivity index (χ0v) is 19.1. The van der Waals surface area contributed by atoms with Crippen molar-refractivity contribution in [2.75, 3.05) is 23.7 Å². The highest BCUT2D eigenvalue weighted by molar-refractivity contribution is 5.96. The average molecular weight is 430 g/mol. The first-order valence-electron chi connectivity index (χ1n) is 11.0. The van der Waals surface area contributed by atoms with Crippen molar-refractivity contribution in [3.8, 4) is 0 Å². The molecule has 8 nitrogen and oxygen atoms in total. The van der Waals surface area contributed by atoms with Crippen molar-refractivity contribution in [1.29, 1.82) is 0 Å². The lowest BCUT2D eigenvalue weighted by atomic mass is 10.2. The number of carbonyl (C=O) groups excluding carboxylic acids is 1. The summed E-state index contributed by atoms with van der Waals surface area (Å²) in [6.07, 6.45) is 2.25. The number of nitrogens with two attached hydrogens (primary N) is 1. The zero-order chi connectivity index (χ0) is 23.0. The molecule has 170 valence electrons. The van der Waals surface area contributed by atoms with E-state index in [9.17, 15) is 14.4 Å². The van der Waals surface area contributed by atoms with Gasteiger partial charge >= 0.3 is 5.69 Å². The number of nitrogens with zero attached hydrogens (tertiary/aromatic N) is 3. The van der Waals surface area contributed by atoms with Crippen LogP contribution in [0.4, 0.5) is 11.5 Å². The molecule has 0 spiro atoms. The lowest BCUT2D eigenvalue weighted by Gasteiger charge is -2.30. The summed E-state index contributed by atoms with van der Waals surface area (Å²) in [5, 5.41) is 0. The molecular formula is C23H35N5O3. The first-order valence-corrected chi connectivity index (χ1v) is 11.0. The number of aromatic nitrogens is 2. The van der Waals surface area contributed by atoms with E-state index >= 15 is 0 Å². The quantitative estimate of drug-likeness (QED) is 0.571. The topological polar surface area (TPSA) is 104 Å². The summed E-state index contributed by atoms with van der Waals surface area (Å²) in [5.41, 5.74) is 6.23. The number of H-pyrrole nitrogens is 1. The van der Waals surface area contributed by atoms with Crippen LogP contribution < -0.4 is 21.9 Å². The Morgan fingerprint density at radius 3 is 2.39 bits per heavy atom. The molecule has 0 fully saturated rings. The molecule has 1 heterocycles. The normalized spacial score (nSPS) is 11.3. The van der Waals surface area contributed by atoms with Crippen molar-refractivity contribution in [3.63, 3.8) is 0 Å². The third-order valence-corrected chi connectivity index (χ3v) is 5.26. The van der Waals surface area contributed by atoms with Gasteiger partial charge in [0.25, 0.3) is 5.56 Å². The average Bonchev–Trinajstić information content (AvgIpc) is 2.73. The minimum Gasteiger partial charge on any atom is -0.383 e. The van der Waals surface area contributed by atoms with E-state index in [4.69, 9.17) is 5.73 Å². The number of amides is 1. The van der Waals surface area contributed by atoms with Crippen LogP contribution in [0.25, 0.3) is 0 Å². The molecule has 1 aromatic carbocycles. The fraction of sp³-hybridized carbons (Fsp3) is 0.522. The molecule has 3 N–H and O–H groups in total. The molecular weight excluding hydrogens is 394 g/mol. The van der Waals surface area contributed by atoms with Crippen LogP contribution in [-0.4, -0.2) is 39.5 Å². The molecule has 0 radical (unpaired) electrons. The molecule has 0 unspecified atom stereocenters.